The van der Waals surface area contributed by atoms with Crippen molar-refractivity contribution < 1.29 is 9.84 Å². The Labute approximate surface area is 120 Å². The molecule has 4 nitrogen and oxygen atoms in total. The van der Waals surface area contributed by atoms with Crippen molar-refractivity contribution in [2.75, 3.05) is 19.8 Å². The van der Waals surface area contributed by atoms with Crippen molar-refractivity contribution >= 4 is 0 Å². The highest BCUT2D eigenvalue weighted by molar-refractivity contribution is 5.36. The van der Waals surface area contributed by atoms with Crippen molar-refractivity contribution in [1.29, 1.82) is 5.26 Å². The quantitative estimate of drug-likeness (QED) is 0.748. The minimum atomic E-state index is -0.0548. The SMILES string of the molecule is N#Cc1cccc(OCCCNC2(CO)CCCC2)c1. The number of aliphatic hydroxyl groups excluding tert-OH is 1. The van der Waals surface area contributed by atoms with E-state index in [4.69, 9.17) is 10.00 Å². The van der Waals surface area contributed by atoms with Gasteiger partial charge in [0.25, 0.3) is 0 Å². The Balaban J connectivity index is 1.67. The first kappa shape index (κ1) is 14.8. The second-order valence-electron chi connectivity index (χ2n) is 5.41. The molecular formula is C16H22N2O2. The van der Waals surface area contributed by atoms with Crippen LogP contribution in [0.1, 0.15) is 37.7 Å². The Morgan fingerprint density at radius 2 is 2.15 bits per heavy atom. The summed E-state index contributed by atoms with van der Waals surface area (Å²) in [6.07, 6.45) is 5.41. The van der Waals surface area contributed by atoms with Gasteiger partial charge in [0.05, 0.1) is 24.8 Å². The van der Waals surface area contributed by atoms with E-state index in [2.05, 4.69) is 11.4 Å². The van der Waals surface area contributed by atoms with Gasteiger partial charge < -0.3 is 15.2 Å². The predicted octanol–water partition coefficient (Wildman–Crippen LogP) is 2.22. The van der Waals surface area contributed by atoms with Gasteiger partial charge in [0.15, 0.2) is 0 Å². The molecule has 0 spiro atoms. The normalized spacial score (nSPS) is 16.8. The van der Waals surface area contributed by atoms with Crippen LogP contribution in [0.15, 0.2) is 24.3 Å². The average Bonchev–Trinajstić information content (AvgIpc) is 2.96. The van der Waals surface area contributed by atoms with Crippen LogP contribution in [0.5, 0.6) is 5.75 Å². The second-order valence-corrected chi connectivity index (χ2v) is 5.41. The van der Waals surface area contributed by atoms with Crippen LogP contribution in [-0.4, -0.2) is 30.4 Å². The van der Waals surface area contributed by atoms with Gasteiger partial charge in [-0.3, -0.25) is 0 Å². The van der Waals surface area contributed by atoms with Gasteiger partial charge in [-0.05, 0) is 44.0 Å². The van der Waals surface area contributed by atoms with Crippen molar-refractivity contribution in [3.8, 4) is 11.8 Å². The summed E-state index contributed by atoms with van der Waals surface area (Å²) in [5.74, 6) is 0.738. The zero-order valence-electron chi connectivity index (χ0n) is 11.8. The number of nitriles is 1. The zero-order valence-corrected chi connectivity index (χ0v) is 11.8. The predicted molar refractivity (Wildman–Crippen MR) is 77.6 cm³/mol. The lowest BCUT2D eigenvalue weighted by molar-refractivity contribution is 0.161. The molecule has 0 radical (unpaired) electrons. The van der Waals surface area contributed by atoms with E-state index in [1.165, 1.54) is 12.8 Å². The molecule has 0 bridgehead atoms. The van der Waals surface area contributed by atoms with Gasteiger partial charge in [-0.15, -0.1) is 0 Å². The average molecular weight is 274 g/mol. The Bertz CT molecular complexity index is 462. The maximum atomic E-state index is 9.48. The molecule has 0 heterocycles. The summed E-state index contributed by atoms with van der Waals surface area (Å²) in [5.41, 5.74) is 0.562. The fraction of sp³-hybridized carbons (Fsp3) is 0.562. The minimum Gasteiger partial charge on any atom is -0.494 e. The van der Waals surface area contributed by atoms with Gasteiger partial charge in [-0.1, -0.05) is 18.9 Å². The summed E-state index contributed by atoms with van der Waals surface area (Å²) in [5, 5.41) is 21.8. The second kappa shape index (κ2) is 7.28. The maximum Gasteiger partial charge on any atom is 0.120 e. The lowest BCUT2D eigenvalue weighted by atomic mass is 9.99. The van der Waals surface area contributed by atoms with Gasteiger partial charge in [0, 0.05) is 5.54 Å². The number of rotatable bonds is 7. The van der Waals surface area contributed by atoms with Crippen LogP contribution in [0.3, 0.4) is 0 Å². The number of benzene rings is 1. The number of ether oxygens (including phenoxy) is 1. The molecular weight excluding hydrogens is 252 g/mol. The van der Waals surface area contributed by atoms with E-state index in [1.807, 2.05) is 12.1 Å². The Morgan fingerprint density at radius 1 is 1.35 bits per heavy atom. The zero-order chi connectivity index (χ0) is 14.3. The van der Waals surface area contributed by atoms with Gasteiger partial charge in [-0.25, -0.2) is 0 Å². The molecule has 1 aliphatic carbocycles. The van der Waals surface area contributed by atoms with E-state index in [9.17, 15) is 5.11 Å². The minimum absolute atomic E-state index is 0.0548. The highest BCUT2D eigenvalue weighted by Crippen LogP contribution is 2.28. The largest absolute Gasteiger partial charge is 0.494 e. The Hall–Kier alpha value is -1.57. The van der Waals surface area contributed by atoms with Crippen LogP contribution in [0.25, 0.3) is 0 Å². The van der Waals surface area contributed by atoms with Gasteiger partial charge >= 0.3 is 0 Å². The summed E-state index contributed by atoms with van der Waals surface area (Å²) in [4.78, 5) is 0. The number of nitrogens with zero attached hydrogens (tertiary/aromatic N) is 1. The summed E-state index contributed by atoms with van der Waals surface area (Å²) in [7, 11) is 0. The van der Waals surface area contributed by atoms with E-state index in [0.717, 1.165) is 31.6 Å². The lowest BCUT2D eigenvalue weighted by Crippen LogP contribution is -2.46. The summed E-state index contributed by atoms with van der Waals surface area (Å²) >= 11 is 0. The van der Waals surface area contributed by atoms with Crippen molar-refractivity contribution in [1.82, 2.24) is 5.32 Å². The molecule has 0 aromatic heterocycles. The smallest absolute Gasteiger partial charge is 0.120 e. The molecule has 20 heavy (non-hydrogen) atoms. The Kier molecular flexibility index (Phi) is 5.40. The molecule has 1 aromatic carbocycles. The monoisotopic (exact) mass is 274 g/mol. The molecule has 1 aliphatic rings. The van der Waals surface area contributed by atoms with Crippen molar-refractivity contribution in [3.63, 3.8) is 0 Å². The molecule has 1 fully saturated rings. The molecule has 0 unspecified atom stereocenters. The van der Waals surface area contributed by atoms with Crippen LogP contribution in [-0.2, 0) is 0 Å². The van der Waals surface area contributed by atoms with E-state index in [0.29, 0.717) is 12.2 Å². The molecule has 0 atom stereocenters. The van der Waals surface area contributed by atoms with E-state index >= 15 is 0 Å². The molecule has 4 heteroatoms. The van der Waals surface area contributed by atoms with Crippen molar-refractivity contribution in [3.05, 3.63) is 29.8 Å². The highest BCUT2D eigenvalue weighted by Gasteiger charge is 2.31. The molecule has 2 rings (SSSR count). The first-order chi connectivity index (χ1) is 9.78. The number of hydrogen-bond acceptors (Lipinski definition) is 4. The van der Waals surface area contributed by atoms with E-state index in [1.54, 1.807) is 12.1 Å². The summed E-state index contributed by atoms with van der Waals surface area (Å²) in [6.45, 7) is 1.68. The highest BCUT2D eigenvalue weighted by atomic mass is 16.5. The van der Waals surface area contributed by atoms with Crippen LogP contribution < -0.4 is 10.1 Å². The van der Waals surface area contributed by atoms with E-state index < -0.39 is 0 Å². The molecule has 1 aromatic rings. The molecule has 0 aliphatic heterocycles. The van der Waals surface area contributed by atoms with Crippen LogP contribution in [0, 0.1) is 11.3 Å². The third-order valence-electron chi connectivity index (χ3n) is 3.92. The van der Waals surface area contributed by atoms with Crippen LogP contribution in [0.4, 0.5) is 0 Å². The fourth-order valence-electron chi connectivity index (χ4n) is 2.71. The standard InChI is InChI=1S/C16H22N2O2/c17-12-14-5-3-6-15(11-14)20-10-4-9-18-16(13-19)7-1-2-8-16/h3,5-6,11,18-19H,1-2,4,7-10,13H2. The van der Waals surface area contributed by atoms with Gasteiger partial charge in [-0.2, -0.15) is 5.26 Å². The summed E-state index contributed by atoms with van der Waals surface area (Å²) < 4.78 is 5.63. The van der Waals surface area contributed by atoms with E-state index in [-0.39, 0.29) is 12.1 Å². The number of aliphatic hydroxyl groups is 1. The lowest BCUT2D eigenvalue weighted by Gasteiger charge is -2.28. The van der Waals surface area contributed by atoms with Gasteiger partial charge in [0.1, 0.15) is 5.75 Å². The van der Waals surface area contributed by atoms with Gasteiger partial charge in [0.2, 0.25) is 0 Å². The van der Waals surface area contributed by atoms with Crippen molar-refractivity contribution in [2.24, 2.45) is 0 Å². The molecule has 0 amide bonds. The maximum absolute atomic E-state index is 9.48. The molecule has 108 valence electrons. The summed E-state index contributed by atoms with van der Waals surface area (Å²) in [6, 6.07) is 9.30. The molecule has 2 N–H and O–H groups in total. The topological polar surface area (TPSA) is 65.3 Å². The van der Waals surface area contributed by atoms with Crippen LogP contribution in [0.2, 0.25) is 0 Å². The Morgan fingerprint density at radius 3 is 2.85 bits per heavy atom. The number of hydrogen-bond donors (Lipinski definition) is 2. The number of nitrogens with one attached hydrogen (secondary N) is 1. The fourth-order valence-corrected chi connectivity index (χ4v) is 2.71. The first-order valence-corrected chi connectivity index (χ1v) is 7.27. The van der Waals surface area contributed by atoms with Crippen LogP contribution >= 0.6 is 0 Å². The molecule has 0 saturated heterocycles. The third kappa shape index (κ3) is 3.96. The van der Waals surface area contributed by atoms with Crippen molar-refractivity contribution in [2.45, 2.75) is 37.6 Å². The molecule has 1 saturated carbocycles. The first-order valence-electron chi connectivity index (χ1n) is 7.27. The third-order valence-corrected chi connectivity index (χ3v) is 3.92.